The van der Waals surface area contributed by atoms with Crippen LogP contribution in [0.3, 0.4) is 0 Å². The first-order valence-corrected chi connectivity index (χ1v) is 5.37. The van der Waals surface area contributed by atoms with Crippen molar-refractivity contribution in [3.63, 3.8) is 0 Å². The smallest absolute Gasteiger partial charge is 0.247 e. The van der Waals surface area contributed by atoms with Crippen LogP contribution < -0.4 is 5.73 Å². The molecule has 1 saturated carbocycles. The standard InChI is InChI=1S/C11H13N3O2/c1-7-3-6-15-8(7)9-13-10(16-14-9)11(12)4-2-5-11/h3,6H,2,4-5,12H2,1H3. The largest absolute Gasteiger partial charge is 0.461 e. The second-order valence-electron chi connectivity index (χ2n) is 4.37. The number of furan rings is 1. The molecule has 2 aromatic heterocycles. The Labute approximate surface area is 92.6 Å². The van der Waals surface area contributed by atoms with Crippen molar-refractivity contribution in [1.82, 2.24) is 10.1 Å². The zero-order valence-electron chi connectivity index (χ0n) is 9.06. The summed E-state index contributed by atoms with van der Waals surface area (Å²) in [4.78, 5) is 4.31. The highest BCUT2D eigenvalue weighted by atomic mass is 16.5. The van der Waals surface area contributed by atoms with Gasteiger partial charge in [-0.05, 0) is 37.8 Å². The van der Waals surface area contributed by atoms with Gasteiger partial charge in [0.05, 0.1) is 11.8 Å². The topological polar surface area (TPSA) is 78.1 Å². The third-order valence-corrected chi connectivity index (χ3v) is 3.16. The molecule has 1 fully saturated rings. The molecule has 1 aliphatic rings. The first-order valence-electron chi connectivity index (χ1n) is 5.37. The highest BCUT2D eigenvalue weighted by Gasteiger charge is 2.40. The average Bonchev–Trinajstić information content (AvgIpc) is 2.82. The fourth-order valence-corrected chi connectivity index (χ4v) is 1.89. The molecule has 0 bridgehead atoms. The summed E-state index contributed by atoms with van der Waals surface area (Å²) in [7, 11) is 0. The Bertz CT molecular complexity index is 511. The predicted octanol–water partition coefficient (Wildman–Crippen LogP) is 1.98. The van der Waals surface area contributed by atoms with E-state index in [1.54, 1.807) is 6.26 Å². The maximum absolute atomic E-state index is 6.10. The Kier molecular flexibility index (Phi) is 1.91. The Balaban J connectivity index is 1.97. The van der Waals surface area contributed by atoms with Gasteiger partial charge in [0.15, 0.2) is 5.76 Å². The Morgan fingerprint density at radius 2 is 2.25 bits per heavy atom. The van der Waals surface area contributed by atoms with Crippen LogP contribution in [-0.4, -0.2) is 10.1 Å². The molecular weight excluding hydrogens is 206 g/mol. The highest BCUT2D eigenvalue weighted by molar-refractivity contribution is 5.51. The number of aryl methyl sites for hydroxylation is 1. The monoisotopic (exact) mass is 219 g/mol. The van der Waals surface area contributed by atoms with Crippen molar-refractivity contribution >= 4 is 0 Å². The molecule has 2 aromatic rings. The van der Waals surface area contributed by atoms with Crippen molar-refractivity contribution in [2.75, 3.05) is 0 Å². The molecule has 0 aliphatic heterocycles. The van der Waals surface area contributed by atoms with E-state index in [0.29, 0.717) is 17.5 Å². The molecule has 2 N–H and O–H groups in total. The van der Waals surface area contributed by atoms with Crippen LogP contribution in [0.15, 0.2) is 21.3 Å². The number of nitrogens with two attached hydrogens (primary N) is 1. The Hall–Kier alpha value is -1.62. The molecule has 16 heavy (non-hydrogen) atoms. The van der Waals surface area contributed by atoms with Crippen LogP contribution in [0.4, 0.5) is 0 Å². The number of rotatable bonds is 2. The van der Waals surface area contributed by atoms with Crippen LogP contribution in [0.1, 0.15) is 30.7 Å². The van der Waals surface area contributed by atoms with E-state index in [9.17, 15) is 0 Å². The lowest BCUT2D eigenvalue weighted by Gasteiger charge is -2.33. The van der Waals surface area contributed by atoms with E-state index < -0.39 is 5.54 Å². The first kappa shape index (κ1) is 9.59. The average molecular weight is 219 g/mol. The van der Waals surface area contributed by atoms with Crippen LogP contribution in [0.25, 0.3) is 11.6 Å². The summed E-state index contributed by atoms with van der Waals surface area (Å²) in [6.45, 7) is 1.94. The van der Waals surface area contributed by atoms with Gasteiger partial charge >= 0.3 is 0 Å². The van der Waals surface area contributed by atoms with E-state index in [4.69, 9.17) is 14.7 Å². The molecule has 3 rings (SSSR count). The molecule has 0 saturated heterocycles. The van der Waals surface area contributed by atoms with Gasteiger partial charge in [0.2, 0.25) is 11.7 Å². The van der Waals surface area contributed by atoms with Gasteiger partial charge in [0, 0.05) is 0 Å². The molecule has 0 spiro atoms. The van der Waals surface area contributed by atoms with Crippen molar-refractivity contribution in [2.45, 2.75) is 31.7 Å². The molecule has 5 heteroatoms. The lowest BCUT2D eigenvalue weighted by Crippen LogP contribution is -2.43. The number of aromatic nitrogens is 2. The molecule has 1 aliphatic carbocycles. The molecular formula is C11H13N3O2. The maximum atomic E-state index is 6.10. The zero-order valence-corrected chi connectivity index (χ0v) is 9.06. The molecule has 5 nitrogen and oxygen atoms in total. The summed E-state index contributed by atoms with van der Waals surface area (Å²) in [5, 5.41) is 3.91. The summed E-state index contributed by atoms with van der Waals surface area (Å²) in [6.07, 6.45) is 4.55. The van der Waals surface area contributed by atoms with Crippen molar-refractivity contribution in [3.8, 4) is 11.6 Å². The summed E-state index contributed by atoms with van der Waals surface area (Å²) in [5.41, 5.74) is 6.68. The van der Waals surface area contributed by atoms with Crippen molar-refractivity contribution in [2.24, 2.45) is 5.73 Å². The van der Waals surface area contributed by atoms with E-state index in [2.05, 4.69) is 10.1 Å². The van der Waals surface area contributed by atoms with Crippen molar-refractivity contribution < 1.29 is 8.94 Å². The molecule has 0 unspecified atom stereocenters. The van der Waals surface area contributed by atoms with Gasteiger partial charge in [0.1, 0.15) is 0 Å². The minimum absolute atomic E-state index is 0.411. The second kappa shape index (κ2) is 3.18. The van der Waals surface area contributed by atoms with Crippen molar-refractivity contribution in [1.29, 1.82) is 0 Å². The summed E-state index contributed by atoms with van der Waals surface area (Å²) in [5.74, 6) is 1.65. The number of nitrogens with zero attached hydrogens (tertiary/aromatic N) is 2. The lowest BCUT2D eigenvalue weighted by molar-refractivity contribution is 0.181. The van der Waals surface area contributed by atoms with Crippen LogP contribution >= 0.6 is 0 Å². The molecule has 84 valence electrons. The predicted molar refractivity (Wildman–Crippen MR) is 56.5 cm³/mol. The number of hydrogen-bond donors (Lipinski definition) is 1. The van der Waals surface area contributed by atoms with Crippen molar-refractivity contribution in [3.05, 3.63) is 23.8 Å². The van der Waals surface area contributed by atoms with E-state index >= 15 is 0 Å². The Morgan fingerprint density at radius 1 is 1.44 bits per heavy atom. The first-order chi connectivity index (χ1) is 7.69. The number of hydrogen-bond acceptors (Lipinski definition) is 5. The van der Waals surface area contributed by atoms with Gasteiger partial charge in [-0.2, -0.15) is 4.98 Å². The maximum Gasteiger partial charge on any atom is 0.247 e. The molecule has 0 amide bonds. The van der Waals surface area contributed by atoms with Gasteiger partial charge in [0.25, 0.3) is 0 Å². The van der Waals surface area contributed by atoms with Crippen LogP contribution in [0.5, 0.6) is 0 Å². The second-order valence-corrected chi connectivity index (χ2v) is 4.37. The van der Waals surface area contributed by atoms with Gasteiger partial charge in [-0.25, -0.2) is 0 Å². The van der Waals surface area contributed by atoms with E-state index in [0.717, 1.165) is 24.8 Å². The highest BCUT2D eigenvalue weighted by Crippen LogP contribution is 2.38. The minimum atomic E-state index is -0.411. The van der Waals surface area contributed by atoms with Gasteiger partial charge in [-0.15, -0.1) is 0 Å². The Morgan fingerprint density at radius 3 is 2.81 bits per heavy atom. The quantitative estimate of drug-likeness (QED) is 0.835. The summed E-state index contributed by atoms with van der Waals surface area (Å²) in [6, 6.07) is 1.87. The summed E-state index contributed by atoms with van der Waals surface area (Å²) >= 11 is 0. The SMILES string of the molecule is Cc1ccoc1-c1noc(C2(N)CCC2)n1. The fourth-order valence-electron chi connectivity index (χ4n) is 1.89. The van der Waals surface area contributed by atoms with E-state index in [1.807, 2.05) is 13.0 Å². The van der Waals surface area contributed by atoms with E-state index in [-0.39, 0.29) is 0 Å². The molecule has 0 aromatic carbocycles. The zero-order chi connectivity index (χ0) is 11.2. The van der Waals surface area contributed by atoms with Gasteiger partial charge in [-0.1, -0.05) is 5.16 Å². The molecule has 0 atom stereocenters. The van der Waals surface area contributed by atoms with Gasteiger partial charge in [-0.3, -0.25) is 0 Å². The molecule has 0 radical (unpaired) electrons. The summed E-state index contributed by atoms with van der Waals surface area (Å²) < 4.78 is 10.5. The van der Waals surface area contributed by atoms with Gasteiger partial charge < -0.3 is 14.7 Å². The third kappa shape index (κ3) is 1.28. The van der Waals surface area contributed by atoms with E-state index in [1.165, 1.54) is 0 Å². The fraction of sp³-hybridized carbons (Fsp3) is 0.455. The normalized spacial score (nSPS) is 18.4. The minimum Gasteiger partial charge on any atom is -0.461 e. The van der Waals surface area contributed by atoms with Crippen LogP contribution in [0, 0.1) is 6.92 Å². The lowest BCUT2D eigenvalue weighted by atomic mass is 9.78. The van der Waals surface area contributed by atoms with Crippen LogP contribution in [-0.2, 0) is 5.54 Å². The van der Waals surface area contributed by atoms with Crippen LogP contribution in [0.2, 0.25) is 0 Å². The molecule has 2 heterocycles. The third-order valence-electron chi connectivity index (χ3n) is 3.16.